The summed E-state index contributed by atoms with van der Waals surface area (Å²) in [6.45, 7) is 21.3. The van der Waals surface area contributed by atoms with Gasteiger partial charge in [0, 0.05) is 137 Å². The Morgan fingerprint density at radius 2 is 0.632 bits per heavy atom. The Labute approximate surface area is 536 Å². The highest BCUT2D eigenvalue weighted by atomic mass is 16.2. The SMILES string of the molecule is CCCCCCC1C=CC(CCCCCCCC(=O)NCCNCCNCCN)C2C(CCCCCC)C(CCCCCC)C(C=CCCCCCCCC(=O)NCCNCCNCCN)C(CCCCCCCC(=O)NCCNCCNCCN)C12. The molecule has 8 unspecified atom stereocenters. The normalized spacial score (nSPS) is 20.1. The minimum Gasteiger partial charge on any atom is -0.355 e. The highest BCUT2D eigenvalue weighted by molar-refractivity contribution is 5.76. The maximum atomic E-state index is 12.8. The predicted molar refractivity (Wildman–Crippen MR) is 373 cm³/mol. The van der Waals surface area contributed by atoms with Crippen molar-refractivity contribution in [1.29, 1.82) is 0 Å². The number of amides is 3. The lowest BCUT2D eigenvalue weighted by molar-refractivity contribution is -0.122. The number of allylic oxidation sites excluding steroid dienone is 4. The van der Waals surface area contributed by atoms with E-state index in [2.05, 4.69) is 92.9 Å². The molecule has 2 aliphatic carbocycles. The van der Waals surface area contributed by atoms with Crippen LogP contribution in [-0.4, -0.2) is 136 Å². The highest BCUT2D eigenvalue weighted by Crippen LogP contribution is 2.59. The number of nitrogens with one attached hydrogen (secondary N) is 9. The molecule has 3 amide bonds. The van der Waals surface area contributed by atoms with Crippen LogP contribution < -0.4 is 65.1 Å². The van der Waals surface area contributed by atoms with Crippen molar-refractivity contribution in [2.75, 3.05) is 118 Å². The van der Waals surface area contributed by atoms with Gasteiger partial charge in [0.2, 0.25) is 17.7 Å². The van der Waals surface area contributed by atoms with Gasteiger partial charge in [0.05, 0.1) is 0 Å². The fourth-order valence-corrected chi connectivity index (χ4v) is 14.4. The molecule has 0 spiro atoms. The van der Waals surface area contributed by atoms with Crippen LogP contribution in [-0.2, 0) is 14.4 Å². The van der Waals surface area contributed by atoms with E-state index in [0.29, 0.717) is 82.2 Å². The molecule has 0 aromatic carbocycles. The van der Waals surface area contributed by atoms with E-state index >= 15 is 0 Å². The summed E-state index contributed by atoms with van der Waals surface area (Å²) in [7, 11) is 0. The van der Waals surface area contributed by atoms with Gasteiger partial charge in [-0.15, -0.1) is 0 Å². The van der Waals surface area contributed by atoms with Gasteiger partial charge in [-0.05, 0) is 112 Å². The van der Waals surface area contributed by atoms with Crippen molar-refractivity contribution in [1.82, 2.24) is 47.9 Å². The Kier molecular flexibility index (Phi) is 55.4. The van der Waals surface area contributed by atoms with E-state index in [1.54, 1.807) is 0 Å². The van der Waals surface area contributed by atoms with Crippen molar-refractivity contribution < 1.29 is 14.4 Å². The van der Waals surface area contributed by atoms with Gasteiger partial charge in [-0.1, -0.05) is 193 Å². The first-order chi connectivity index (χ1) is 42.9. The molecule has 0 heterocycles. The maximum absolute atomic E-state index is 12.8. The Hall–Kier alpha value is -2.47. The van der Waals surface area contributed by atoms with E-state index < -0.39 is 0 Å². The average Bonchev–Trinajstić information content (AvgIpc) is 0.893. The Morgan fingerprint density at radius 3 is 1.02 bits per heavy atom. The molecule has 0 aliphatic heterocycles. The zero-order chi connectivity index (χ0) is 62.7. The number of hydrogen-bond acceptors (Lipinski definition) is 12. The third-order valence-electron chi connectivity index (χ3n) is 19.0. The van der Waals surface area contributed by atoms with Crippen molar-refractivity contribution >= 4 is 17.7 Å². The maximum Gasteiger partial charge on any atom is 0.220 e. The van der Waals surface area contributed by atoms with E-state index in [9.17, 15) is 14.4 Å². The minimum absolute atomic E-state index is 0.178. The van der Waals surface area contributed by atoms with Crippen LogP contribution in [0.25, 0.3) is 0 Å². The fourth-order valence-electron chi connectivity index (χ4n) is 14.4. The topological polar surface area (TPSA) is 238 Å². The summed E-state index contributed by atoms with van der Waals surface area (Å²) in [4.78, 5) is 38.1. The lowest BCUT2D eigenvalue weighted by atomic mass is 9.47. The third kappa shape index (κ3) is 42.3. The number of unbranched alkanes of at least 4 members (excludes halogenated alkanes) is 22. The Balaban J connectivity index is 2.28. The molecule has 0 aromatic heterocycles. The van der Waals surface area contributed by atoms with Crippen LogP contribution in [0.1, 0.15) is 252 Å². The largest absolute Gasteiger partial charge is 0.355 e. The number of hydrogen-bond donors (Lipinski definition) is 12. The van der Waals surface area contributed by atoms with Crippen molar-refractivity contribution in [3.05, 3.63) is 24.3 Å². The molecule has 0 saturated heterocycles. The molecule has 15 heteroatoms. The van der Waals surface area contributed by atoms with Crippen molar-refractivity contribution in [3.8, 4) is 0 Å². The standard InChI is InChI=1S/C72H144N12O3/c1-4-7-10-24-33-62-42-43-63(34-25-18-16-22-31-40-69(86)83-60-57-80-54-51-77-48-45-74)72-66(37-27-12-9-6-3)64(35-26-11-8-5-2)65(36-28-19-14-13-15-21-30-39-68(85)82-59-56-79-53-50-76-47-44-73)67(71(62)72)38-29-20-17-23-32-41-70(87)84-61-58-81-55-52-78-49-46-75/h28,36,42-43,62-67,71-72,76-81H,4-27,29-35,37-41,44-61,73-75H2,1-3H3,(H,82,85)(H,83,86)(H,84,87). The Bertz CT molecular complexity index is 1620. The van der Waals surface area contributed by atoms with E-state index in [4.69, 9.17) is 17.2 Å². The summed E-state index contributed by atoms with van der Waals surface area (Å²) in [5.41, 5.74) is 16.7. The molecular formula is C72H144N12O3. The lowest BCUT2D eigenvalue weighted by Gasteiger charge is -2.58. The molecule has 87 heavy (non-hydrogen) atoms. The lowest BCUT2D eigenvalue weighted by Crippen LogP contribution is -2.52. The smallest absolute Gasteiger partial charge is 0.220 e. The summed E-state index contributed by atoms with van der Waals surface area (Å²) in [6, 6.07) is 0. The monoisotopic (exact) mass is 1230 g/mol. The molecule has 8 atom stereocenters. The molecule has 510 valence electrons. The van der Waals surface area contributed by atoms with Crippen LogP contribution in [0, 0.1) is 47.3 Å². The highest BCUT2D eigenvalue weighted by Gasteiger charge is 2.53. The van der Waals surface area contributed by atoms with Crippen molar-refractivity contribution in [3.63, 3.8) is 0 Å². The first-order valence-electron chi connectivity index (χ1n) is 37.4. The molecule has 1 saturated carbocycles. The van der Waals surface area contributed by atoms with Crippen molar-refractivity contribution in [2.45, 2.75) is 252 Å². The summed E-state index contributed by atoms with van der Waals surface area (Å²) in [6.07, 6.45) is 54.4. The first kappa shape index (κ1) is 80.6. The van der Waals surface area contributed by atoms with E-state index in [1.165, 1.54) is 167 Å². The molecule has 15 nitrogen and oxygen atoms in total. The molecule has 2 aliphatic rings. The average molecular weight is 1230 g/mol. The number of carbonyl (C=O) groups excluding carboxylic acids is 3. The number of carbonyl (C=O) groups is 3. The Morgan fingerprint density at radius 1 is 0.333 bits per heavy atom. The van der Waals surface area contributed by atoms with Crippen LogP contribution >= 0.6 is 0 Å². The minimum atomic E-state index is 0.178. The van der Waals surface area contributed by atoms with Gasteiger partial charge in [0.25, 0.3) is 0 Å². The second kappa shape index (κ2) is 59.8. The van der Waals surface area contributed by atoms with E-state index in [-0.39, 0.29) is 17.7 Å². The molecule has 2 rings (SSSR count). The van der Waals surface area contributed by atoms with Crippen LogP contribution in [0.4, 0.5) is 0 Å². The van der Waals surface area contributed by atoms with Gasteiger partial charge in [-0.3, -0.25) is 14.4 Å². The van der Waals surface area contributed by atoms with Gasteiger partial charge in [0.15, 0.2) is 0 Å². The first-order valence-corrected chi connectivity index (χ1v) is 37.4. The van der Waals surface area contributed by atoms with Gasteiger partial charge in [-0.25, -0.2) is 0 Å². The van der Waals surface area contributed by atoms with Gasteiger partial charge < -0.3 is 65.1 Å². The zero-order valence-electron chi connectivity index (χ0n) is 57.1. The number of nitrogens with two attached hydrogens (primary N) is 3. The second-order valence-corrected chi connectivity index (χ2v) is 26.2. The predicted octanol–water partition coefficient (Wildman–Crippen LogP) is 10.9. The van der Waals surface area contributed by atoms with E-state index in [0.717, 1.165) is 147 Å². The summed E-state index contributed by atoms with van der Waals surface area (Å²) >= 11 is 0. The molecule has 0 bridgehead atoms. The van der Waals surface area contributed by atoms with Gasteiger partial charge >= 0.3 is 0 Å². The quantitative estimate of drug-likeness (QED) is 0.0201. The summed E-state index contributed by atoms with van der Waals surface area (Å²) in [5.74, 6) is 6.21. The van der Waals surface area contributed by atoms with E-state index in [1.807, 2.05) is 0 Å². The van der Waals surface area contributed by atoms with Crippen molar-refractivity contribution in [2.24, 2.45) is 64.5 Å². The second-order valence-electron chi connectivity index (χ2n) is 26.2. The molecule has 0 aromatic rings. The van der Waals surface area contributed by atoms with Crippen LogP contribution in [0.3, 0.4) is 0 Å². The van der Waals surface area contributed by atoms with Crippen LogP contribution in [0.5, 0.6) is 0 Å². The molecule has 15 N–H and O–H groups in total. The molecule has 0 radical (unpaired) electrons. The number of fused-ring (bicyclic) bond motifs is 1. The number of rotatable bonds is 64. The fraction of sp³-hybridized carbons (Fsp3) is 0.903. The van der Waals surface area contributed by atoms with Crippen LogP contribution in [0.2, 0.25) is 0 Å². The third-order valence-corrected chi connectivity index (χ3v) is 19.0. The summed E-state index contributed by atoms with van der Waals surface area (Å²) in [5, 5.41) is 29.5. The zero-order valence-corrected chi connectivity index (χ0v) is 57.1. The van der Waals surface area contributed by atoms with Crippen LogP contribution in [0.15, 0.2) is 24.3 Å². The molecule has 1 fully saturated rings. The molecular weight excluding hydrogens is 1080 g/mol. The van der Waals surface area contributed by atoms with Gasteiger partial charge in [0.1, 0.15) is 0 Å². The van der Waals surface area contributed by atoms with Gasteiger partial charge in [-0.2, -0.15) is 0 Å². The summed E-state index contributed by atoms with van der Waals surface area (Å²) < 4.78 is 0.